The Morgan fingerprint density at radius 3 is 1.81 bits per heavy atom. The molecule has 3 aromatic heterocycles. The molecule has 0 aliphatic heterocycles. The van der Waals surface area contributed by atoms with Crippen LogP contribution in [-0.2, 0) is 0 Å². The van der Waals surface area contributed by atoms with Crippen LogP contribution in [0.4, 0.5) is 0 Å². The number of furan rings is 1. The first-order chi connectivity index (χ1) is 23.7. The Bertz CT molecular complexity index is 2840. The number of nitrogens with zero attached hydrogens (tertiary/aromatic N) is 3. The molecule has 0 atom stereocenters. The van der Waals surface area contributed by atoms with Crippen molar-refractivity contribution in [2.45, 2.75) is 0 Å². The number of aromatic nitrogens is 3. The van der Waals surface area contributed by atoms with Crippen molar-refractivity contribution < 1.29 is 4.42 Å². The summed E-state index contributed by atoms with van der Waals surface area (Å²) in [6.07, 6.45) is 0. The van der Waals surface area contributed by atoms with Crippen LogP contribution in [-0.4, -0.2) is 15.0 Å². The monoisotopic (exact) mass is 631 g/mol. The van der Waals surface area contributed by atoms with Crippen LogP contribution < -0.4 is 0 Å². The molecule has 0 radical (unpaired) electrons. The first kappa shape index (κ1) is 27.0. The van der Waals surface area contributed by atoms with Crippen molar-refractivity contribution in [1.29, 1.82) is 0 Å². The average Bonchev–Trinajstić information content (AvgIpc) is 3.71. The fourth-order valence-corrected chi connectivity index (χ4v) is 7.87. The van der Waals surface area contributed by atoms with Gasteiger partial charge in [0.25, 0.3) is 0 Å². The highest BCUT2D eigenvalue weighted by Crippen LogP contribution is 2.42. The third kappa shape index (κ3) is 4.40. The van der Waals surface area contributed by atoms with Gasteiger partial charge < -0.3 is 4.42 Å². The third-order valence-electron chi connectivity index (χ3n) is 9.08. The molecule has 0 bridgehead atoms. The first-order valence-corrected chi connectivity index (χ1v) is 16.7. The van der Waals surface area contributed by atoms with Crippen molar-refractivity contribution >= 4 is 64.2 Å². The van der Waals surface area contributed by atoms with Gasteiger partial charge in [-0.3, -0.25) is 0 Å². The highest BCUT2D eigenvalue weighted by atomic mass is 32.1. The molecule has 0 saturated heterocycles. The minimum atomic E-state index is 0.596. The highest BCUT2D eigenvalue weighted by Gasteiger charge is 2.19. The Morgan fingerprint density at radius 1 is 0.396 bits per heavy atom. The van der Waals surface area contributed by atoms with Crippen LogP contribution in [0.25, 0.3) is 98.2 Å². The van der Waals surface area contributed by atoms with Gasteiger partial charge >= 0.3 is 0 Å². The topological polar surface area (TPSA) is 51.8 Å². The molecule has 10 rings (SSSR count). The van der Waals surface area contributed by atoms with E-state index in [1.165, 1.54) is 25.6 Å². The molecule has 10 aromatic rings. The largest absolute Gasteiger partial charge is 0.456 e. The van der Waals surface area contributed by atoms with Gasteiger partial charge in [0.15, 0.2) is 17.5 Å². The van der Waals surface area contributed by atoms with E-state index >= 15 is 0 Å². The maximum Gasteiger partial charge on any atom is 0.164 e. The molecular weight excluding hydrogens is 607 g/mol. The molecule has 3 heterocycles. The van der Waals surface area contributed by atoms with Crippen LogP contribution >= 0.6 is 11.3 Å². The first-order valence-electron chi connectivity index (χ1n) is 15.9. The molecule has 7 aromatic carbocycles. The van der Waals surface area contributed by atoms with E-state index in [1.807, 2.05) is 36.4 Å². The minimum Gasteiger partial charge on any atom is -0.456 e. The molecule has 0 aliphatic carbocycles. The summed E-state index contributed by atoms with van der Waals surface area (Å²) in [5, 5.41) is 6.95. The zero-order valence-corrected chi connectivity index (χ0v) is 26.4. The van der Waals surface area contributed by atoms with Gasteiger partial charge in [-0.1, -0.05) is 103 Å². The molecule has 0 aliphatic rings. The fourth-order valence-electron chi connectivity index (χ4n) is 6.78. The number of fused-ring (bicyclic) bond motifs is 7. The molecular formula is C43H25N3OS. The lowest BCUT2D eigenvalue weighted by Crippen LogP contribution is -2.00. The van der Waals surface area contributed by atoms with E-state index < -0.39 is 0 Å². The van der Waals surface area contributed by atoms with Crippen molar-refractivity contribution in [3.05, 3.63) is 152 Å². The van der Waals surface area contributed by atoms with Crippen molar-refractivity contribution in [3.8, 4) is 45.3 Å². The second-order valence-electron chi connectivity index (χ2n) is 12.0. The molecule has 0 saturated carbocycles. The molecule has 224 valence electrons. The summed E-state index contributed by atoms with van der Waals surface area (Å²) in [7, 11) is 0. The normalized spacial score (nSPS) is 11.8. The van der Waals surface area contributed by atoms with E-state index in [0.29, 0.717) is 17.5 Å². The lowest BCUT2D eigenvalue weighted by atomic mass is 9.96. The summed E-state index contributed by atoms with van der Waals surface area (Å²) in [5.41, 5.74) is 6.59. The predicted molar refractivity (Wildman–Crippen MR) is 199 cm³/mol. The second kappa shape index (κ2) is 10.7. The maximum atomic E-state index is 6.62. The molecule has 0 fully saturated rings. The molecule has 0 unspecified atom stereocenters. The van der Waals surface area contributed by atoms with Crippen LogP contribution in [0.1, 0.15) is 0 Å². The molecule has 0 N–H and O–H groups in total. The quantitative estimate of drug-likeness (QED) is 0.194. The number of hydrogen-bond donors (Lipinski definition) is 0. The molecule has 0 spiro atoms. The van der Waals surface area contributed by atoms with Crippen molar-refractivity contribution in [2.24, 2.45) is 0 Å². The zero-order chi connectivity index (χ0) is 31.6. The van der Waals surface area contributed by atoms with Crippen molar-refractivity contribution in [2.75, 3.05) is 0 Å². The van der Waals surface area contributed by atoms with Crippen LogP contribution in [0.3, 0.4) is 0 Å². The zero-order valence-electron chi connectivity index (χ0n) is 25.6. The third-order valence-corrected chi connectivity index (χ3v) is 10.2. The maximum absolute atomic E-state index is 6.62. The van der Waals surface area contributed by atoms with E-state index in [-0.39, 0.29) is 0 Å². The van der Waals surface area contributed by atoms with Gasteiger partial charge in [0.2, 0.25) is 0 Å². The lowest BCUT2D eigenvalue weighted by molar-refractivity contribution is 0.669. The van der Waals surface area contributed by atoms with Crippen LogP contribution in [0, 0.1) is 0 Å². The van der Waals surface area contributed by atoms with Gasteiger partial charge in [-0.2, -0.15) is 0 Å². The Labute approximate surface area is 279 Å². The molecule has 5 heteroatoms. The summed E-state index contributed by atoms with van der Waals surface area (Å²) in [4.78, 5) is 15.3. The van der Waals surface area contributed by atoms with Crippen LogP contribution in [0.15, 0.2) is 156 Å². The van der Waals surface area contributed by atoms with E-state index in [1.54, 1.807) is 11.3 Å². The highest BCUT2D eigenvalue weighted by molar-refractivity contribution is 7.25. The minimum absolute atomic E-state index is 0.596. The summed E-state index contributed by atoms with van der Waals surface area (Å²) in [5.74, 6) is 1.86. The summed E-state index contributed by atoms with van der Waals surface area (Å²) >= 11 is 1.80. The van der Waals surface area contributed by atoms with E-state index in [0.717, 1.165) is 55.1 Å². The van der Waals surface area contributed by atoms with Crippen molar-refractivity contribution in [3.63, 3.8) is 0 Å². The van der Waals surface area contributed by atoms with E-state index in [2.05, 4.69) is 115 Å². The van der Waals surface area contributed by atoms with Crippen LogP contribution in [0.2, 0.25) is 0 Å². The van der Waals surface area contributed by atoms with Gasteiger partial charge in [-0.15, -0.1) is 11.3 Å². The average molecular weight is 632 g/mol. The molecule has 48 heavy (non-hydrogen) atoms. The summed E-state index contributed by atoms with van der Waals surface area (Å²) in [6, 6.07) is 52.7. The standard InChI is InChI=1S/C43H25N3OS/c1-3-11-26(12-4-1)33-23-31(25-37-40(33)35-21-28-15-7-8-16-29(28)24-36(35)47-37)43-45-41(27-13-5-2-6-14-27)44-42(46-43)30-19-20-39-34(22-30)32-17-9-10-18-38(32)48-39/h1-25H. The van der Waals surface area contributed by atoms with Gasteiger partial charge in [0, 0.05) is 47.6 Å². The molecule has 0 amide bonds. The Morgan fingerprint density at radius 2 is 1.02 bits per heavy atom. The number of benzene rings is 7. The van der Waals surface area contributed by atoms with E-state index in [9.17, 15) is 0 Å². The van der Waals surface area contributed by atoms with Gasteiger partial charge in [0.1, 0.15) is 11.2 Å². The summed E-state index contributed by atoms with van der Waals surface area (Å²) in [6.45, 7) is 0. The fraction of sp³-hybridized carbons (Fsp3) is 0. The van der Waals surface area contributed by atoms with Gasteiger partial charge in [-0.05, 0) is 70.4 Å². The SMILES string of the molecule is c1ccc(-c2nc(-c3cc(-c4ccccc4)c4c(c3)oc3cc5ccccc5cc34)nc(-c3ccc4sc5ccccc5c4c3)n2)cc1. The van der Waals surface area contributed by atoms with E-state index in [4.69, 9.17) is 19.4 Å². The van der Waals surface area contributed by atoms with Gasteiger partial charge in [0.05, 0.1) is 0 Å². The lowest BCUT2D eigenvalue weighted by Gasteiger charge is -2.11. The Kier molecular flexibility index (Phi) is 6.01. The number of thiophene rings is 1. The van der Waals surface area contributed by atoms with Crippen LogP contribution in [0.5, 0.6) is 0 Å². The van der Waals surface area contributed by atoms with Crippen molar-refractivity contribution in [1.82, 2.24) is 15.0 Å². The smallest absolute Gasteiger partial charge is 0.164 e. The summed E-state index contributed by atoms with van der Waals surface area (Å²) < 4.78 is 9.14. The Hall–Kier alpha value is -6.17. The molecule has 4 nitrogen and oxygen atoms in total. The predicted octanol–water partition coefficient (Wildman–Crippen LogP) is 12.0. The number of hydrogen-bond acceptors (Lipinski definition) is 5. The Balaban J connectivity index is 1.23. The second-order valence-corrected chi connectivity index (χ2v) is 13.1. The van der Waals surface area contributed by atoms with Gasteiger partial charge in [-0.25, -0.2) is 15.0 Å². The number of rotatable bonds is 4.